The van der Waals surface area contributed by atoms with Crippen LogP contribution in [0.1, 0.15) is 25.8 Å². The lowest BCUT2D eigenvalue weighted by molar-refractivity contribution is 0.443. The van der Waals surface area contributed by atoms with E-state index in [1.165, 1.54) is 6.07 Å². The summed E-state index contributed by atoms with van der Waals surface area (Å²) in [5, 5.41) is 3.24. The van der Waals surface area contributed by atoms with Crippen molar-refractivity contribution >= 4 is 11.6 Å². The first-order chi connectivity index (χ1) is 8.02. The molecule has 1 rings (SSSR count). The van der Waals surface area contributed by atoms with E-state index < -0.39 is 11.6 Å². The number of hydrogen-bond acceptors (Lipinski definition) is 1. The number of halogens is 3. The molecule has 0 aliphatic carbocycles. The van der Waals surface area contributed by atoms with E-state index in [0.717, 1.165) is 18.1 Å². The van der Waals surface area contributed by atoms with Crippen LogP contribution in [0.5, 0.6) is 0 Å². The highest BCUT2D eigenvalue weighted by Gasteiger charge is 2.09. The van der Waals surface area contributed by atoms with Crippen LogP contribution < -0.4 is 5.32 Å². The van der Waals surface area contributed by atoms with Crippen molar-refractivity contribution in [2.75, 3.05) is 5.88 Å². The highest BCUT2D eigenvalue weighted by atomic mass is 35.5. The number of benzene rings is 1. The molecule has 1 nitrogen and oxygen atoms in total. The average molecular weight is 262 g/mol. The monoisotopic (exact) mass is 261 g/mol. The Morgan fingerprint density at radius 2 is 1.94 bits per heavy atom. The summed E-state index contributed by atoms with van der Waals surface area (Å²) in [6.45, 7) is 4.75. The minimum atomic E-state index is -0.815. The summed E-state index contributed by atoms with van der Waals surface area (Å²) in [6, 6.07) is 4.13. The second-order valence-corrected chi connectivity index (χ2v) is 4.92. The predicted molar refractivity (Wildman–Crippen MR) is 67.2 cm³/mol. The lowest BCUT2D eigenvalue weighted by atomic mass is 10.0. The van der Waals surface area contributed by atoms with Crippen LogP contribution in [0.3, 0.4) is 0 Å². The maximum atomic E-state index is 13.0. The highest BCUT2D eigenvalue weighted by Crippen LogP contribution is 2.10. The minimum absolute atomic E-state index is 0.199. The molecule has 1 aromatic rings. The molecular formula is C13H18ClF2N. The zero-order valence-corrected chi connectivity index (χ0v) is 10.9. The van der Waals surface area contributed by atoms with Crippen LogP contribution in [-0.2, 0) is 6.54 Å². The van der Waals surface area contributed by atoms with Crippen LogP contribution >= 0.6 is 11.6 Å². The first-order valence-corrected chi connectivity index (χ1v) is 6.29. The Hall–Kier alpha value is -0.670. The molecule has 0 aromatic heterocycles. The van der Waals surface area contributed by atoms with Crippen LogP contribution in [0, 0.1) is 17.6 Å². The number of rotatable bonds is 6. The van der Waals surface area contributed by atoms with Crippen molar-refractivity contribution in [1.29, 1.82) is 0 Å². The molecule has 0 spiro atoms. The fraction of sp³-hybridized carbons (Fsp3) is 0.538. The second kappa shape index (κ2) is 6.92. The lowest BCUT2D eigenvalue weighted by Crippen LogP contribution is -2.31. The SMILES string of the molecule is CC(C)CC(CCl)NCc1ccc(F)c(F)c1. The molecule has 17 heavy (non-hydrogen) atoms. The van der Waals surface area contributed by atoms with E-state index in [-0.39, 0.29) is 6.04 Å². The van der Waals surface area contributed by atoms with Crippen molar-refractivity contribution in [1.82, 2.24) is 5.32 Å². The van der Waals surface area contributed by atoms with Crippen LogP contribution in [0.15, 0.2) is 18.2 Å². The molecular weight excluding hydrogens is 244 g/mol. The second-order valence-electron chi connectivity index (χ2n) is 4.61. The highest BCUT2D eigenvalue weighted by molar-refractivity contribution is 6.18. The van der Waals surface area contributed by atoms with Crippen molar-refractivity contribution in [3.05, 3.63) is 35.4 Å². The third kappa shape index (κ3) is 5.00. The molecule has 0 fully saturated rings. The largest absolute Gasteiger partial charge is 0.309 e. The Balaban J connectivity index is 2.50. The summed E-state index contributed by atoms with van der Waals surface area (Å²) in [5.74, 6) is -0.557. The van der Waals surface area contributed by atoms with Gasteiger partial charge in [0, 0.05) is 18.5 Å². The number of hydrogen-bond donors (Lipinski definition) is 1. The van der Waals surface area contributed by atoms with Gasteiger partial charge in [0.1, 0.15) is 0 Å². The summed E-state index contributed by atoms with van der Waals surface area (Å²) < 4.78 is 25.7. The van der Waals surface area contributed by atoms with Gasteiger partial charge in [0.05, 0.1) is 0 Å². The van der Waals surface area contributed by atoms with E-state index in [4.69, 9.17) is 11.6 Å². The van der Waals surface area contributed by atoms with E-state index in [1.54, 1.807) is 6.07 Å². The van der Waals surface area contributed by atoms with E-state index in [1.807, 2.05) is 0 Å². The van der Waals surface area contributed by atoms with Gasteiger partial charge in [-0.15, -0.1) is 11.6 Å². The molecule has 1 aromatic carbocycles. The van der Waals surface area contributed by atoms with Crippen molar-refractivity contribution in [2.45, 2.75) is 32.9 Å². The van der Waals surface area contributed by atoms with Gasteiger partial charge in [-0.25, -0.2) is 8.78 Å². The van der Waals surface area contributed by atoms with Gasteiger partial charge >= 0.3 is 0 Å². The molecule has 4 heteroatoms. The Bertz CT molecular complexity index is 355. The fourth-order valence-electron chi connectivity index (χ4n) is 1.68. The van der Waals surface area contributed by atoms with Crippen molar-refractivity contribution in [2.24, 2.45) is 5.92 Å². The Morgan fingerprint density at radius 3 is 2.47 bits per heavy atom. The first-order valence-electron chi connectivity index (χ1n) is 5.76. The van der Waals surface area contributed by atoms with E-state index in [2.05, 4.69) is 19.2 Å². The third-order valence-corrected chi connectivity index (χ3v) is 2.89. The molecule has 0 heterocycles. The zero-order chi connectivity index (χ0) is 12.8. The molecule has 0 saturated carbocycles. The van der Waals surface area contributed by atoms with Gasteiger partial charge in [0.2, 0.25) is 0 Å². The summed E-state index contributed by atoms with van der Waals surface area (Å²) in [4.78, 5) is 0. The Labute approximate surface area is 106 Å². The van der Waals surface area contributed by atoms with Gasteiger partial charge in [0.15, 0.2) is 11.6 Å². The predicted octanol–water partition coefficient (Wildman–Crippen LogP) is 3.71. The standard InChI is InChI=1S/C13H18ClF2N/c1-9(2)5-11(7-14)17-8-10-3-4-12(15)13(16)6-10/h3-4,6,9,11,17H,5,7-8H2,1-2H3. The molecule has 0 saturated heterocycles. The van der Waals surface area contributed by atoms with Gasteiger partial charge in [-0.05, 0) is 30.0 Å². The third-order valence-electron chi connectivity index (χ3n) is 2.52. The number of nitrogens with one attached hydrogen (secondary N) is 1. The zero-order valence-electron chi connectivity index (χ0n) is 10.1. The molecule has 0 aliphatic heterocycles. The van der Waals surface area contributed by atoms with Gasteiger partial charge in [-0.2, -0.15) is 0 Å². The number of alkyl halides is 1. The van der Waals surface area contributed by atoms with Crippen LogP contribution in [0.25, 0.3) is 0 Å². The summed E-state index contributed by atoms with van der Waals surface area (Å²) in [7, 11) is 0. The van der Waals surface area contributed by atoms with E-state index in [0.29, 0.717) is 18.3 Å². The van der Waals surface area contributed by atoms with Crippen molar-refractivity contribution in [3.63, 3.8) is 0 Å². The van der Waals surface area contributed by atoms with Gasteiger partial charge in [0.25, 0.3) is 0 Å². The Kier molecular flexibility index (Phi) is 5.86. The molecule has 0 amide bonds. The first kappa shape index (κ1) is 14.4. The smallest absolute Gasteiger partial charge is 0.159 e. The van der Waals surface area contributed by atoms with E-state index in [9.17, 15) is 8.78 Å². The van der Waals surface area contributed by atoms with Gasteiger partial charge in [-0.1, -0.05) is 19.9 Å². The van der Waals surface area contributed by atoms with E-state index >= 15 is 0 Å². The minimum Gasteiger partial charge on any atom is -0.309 e. The van der Waals surface area contributed by atoms with Crippen LogP contribution in [-0.4, -0.2) is 11.9 Å². The van der Waals surface area contributed by atoms with Gasteiger partial charge in [-0.3, -0.25) is 0 Å². The summed E-state index contributed by atoms with van der Waals surface area (Å²) >= 11 is 5.84. The van der Waals surface area contributed by atoms with Crippen LogP contribution in [0.4, 0.5) is 8.78 Å². The maximum absolute atomic E-state index is 13.0. The molecule has 1 atom stereocenters. The van der Waals surface area contributed by atoms with Crippen LogP contribution in [0.2, 0.25) is 0 Å². The lowest BCUT2D eigenvalue weighted by Gasteiger charge is -2.18. The molecule has 1 N–H and O–H groups in total. The summed E-state index contributed by atoms with van der Waals surface area (Å²) in [5.41, 5.74) is 0.725. The Morgan fingerprint density at radius 1 is 1.24 bits per heavy atom. The topological polar surface area (TPSA) is 12.0 Å². The normalized spacial score (nSPS) is 13.1. The van der Waals surface area contributed by atoms with Crippen molar-refractivity contribution < 1.29 is 8.78 Å². The molecule has 1 unspecified atom stereocenters. The molecule has 96 valence electrons. The molecule has 0 radical (unpaired) electrons. The van der Waals surface area contributed by atoms with Crippen molar-refractivity contribution in [3.8, 4) is 0 Å². The maximum Gasteiger partial charge on any atom is 0.159 e. The average Bonchev–Trinajstić information content (AvgIpc) is 2.28. The molecule has 0 aliphatic rings. The molecule has 0 bridgehead atoms. The summed E-state index contributed by atoms with van der Waals surface area (Å²) in [6.07, 6.45) is 0.965. The van der Waals surface area contributed by atoms with Gasteiger partial charge < -0.3 is 5.32 Å². The fourth-order valence-corrected chi connectivity index (χ4v) is 1.92. The quantitative estimate of drug-likeness (QED) is 0.770.